The van der Waals surface area contributed by atoms with Gasteiger partial charge in [-0.1, -0.05) is 13.8 Å². The van der Waals surface area contributed by atoms with Gasteiger partial charge in [0, 0.05) is 29.6 Å². The SMILES string of the molecule is CCC1(CC)CNCC[S@@]1=O. The van der Waals surface area contributed by atoms with Crippen LogP contribution in [0, 0.1) is 0 Å². The highest BCUT2D eigenvalue weighted by atomic mass is 32.2. The summed E-state index contributed by atoms with van der Waals surface area (Å²) >= 11 is 0. The normalized spacial score (nSPS) is 30.2. The van der Waals surface area contributed by atoms with Crippen molar-refractivity contribution in [1.29, 1.82) is 0 Å². The van der Waals surface area contributed by atoms with E-state index in [0.717, 1.165) is 31.7 Å². The summed E-state index contributed by atoms with van der Waals surface area (Å²) in [6, 6.07) is 0. The molecule has 0 aliphatic carbocycles. The molecule has 0 bridgehead atoms. The molecule has 1 heterocycles. The van der Waals surface area contributed by atoms with E-state index < -0.39 is 10.8 Å². The van der Waals surface area contributed by atoms with Gasteiger partial charge in [-0.15, -0.1) is 0 Å². The predicted molar refractivity (Wildman–Crippen MR) is 49.2 cm³/mol. The molecule has 0 aromatic carbocycles. The van der Waals surface area contributed by atoms with Gasteiger partial charge in [0.25, 0.3) is 0 Å². The Morgan fingerprint density at radius 1 is 1.45 bits per heavy atom. The van der Waals surface area contributed by atoms with Crippen molar-refractivity contribution in [1.82, 2.24) is 5.32 Å². The first-order valence-electron chi connectivity index (χ1n) is 4.34. The van der Waals surface area contributed by atoms with Crippen LogP contribution >= 0.6 is 0 Å². The number of rotatable bonds is 2. The third kappa shape index (κ3) is 1.64. The van der Waals surface area contributed by atoms with Crippen molar-refractivity contribution in [2.24, 2.45) is 0 Å². The van der Waals surface area contributed by atoms with Gasteiger partial charge in [-0.3, -0.25) is 4.21 Å². The largest absolute Gasteiger partial charge is 0.314 e. The zero-order valence-electron chi connectivity index (χ0n) is 7.35. The maximum atomic E-state index is 11.6. The third-order valence-corrected chi connectivity index (χ3v) is 4.95. The van der Waals surface area contributed by atoms with Crippen molar-refractivity contribution in [3.8, 4) is 0 Å². The second kappa shape index (κ2) is 3.68. The van der Waals surface area contributed by atoms with E-state index in [1.807, 2.05) is 0 Å². The minimum absolute atomic E-state index is 0.0816. The Balaban J connectivity index is 2.69. The quantitative estimate of drug-likeness (QED) is 0.675. The smallest absolute Gasteiger partial charge is 0.0578 e. The number of nitrogens with one attached hydrogen (secondary N) is 1. The van der Waals surface area contributed by atoms with Crippen molar-refractivity contribution in [2.75, 3.05) is 18.8 Å². The van der Waals surface area contributed by atoms with E-state index in [2.05, 4.69) is 19.2 Å². The van der Waals surface area contributed by atoms with Crippen molar-refractivity contribution >= 4 is 10.8 Å². The maximum absolute atomic E-state index is 11.6. The van der Waals surface area contributed by atoms with E-state index >= 15 is 0 Å². The molecule has 0 unspecified atom stereocenters. The molecule has 1 fully saturated rings. The summed E-state index contributed by atoms with van der Waals surface area (Å²) in [5.41, 5.74) is 0. The minimum atomic E-state index is -0.599. The zero-order valence-corrected chi connectivity index (χ0v) is 8.17. The molecule has 1 N–H and O–H groups in total. The van der Waals surface area contributed by atoms with Gasteiger partial charge in [-0.2, -0.15) is 0 Å². The fraction of sp³-hybridized carbons (Fsp3) is 1.00. The molecule has 0 amide bonds. The van der Waals surface area contributed by atoms with Gasteiger partial charge >= 0.3 is 0 Å². The van der Waals surface area contributed by atoms with Crippen LogP contribution in [0.4, 0.5) is 0 Å². The number of hydrogen-bond acceptors (Lipinski definition) is 2. The Labute approximate surface area is 71.2 Å². The molecule has 3 heteroatoms. The van der Waals surface area contributed by atoms with Crippen molar-refractivity contribution < 1.29 is 4.21 Å². The van der Waals surface area contributed by atoms with Gasteiger partial charge in [-0.05, 0) is 12.8 Å². The van der Waals surface area contributed by atoms with E-state index in [1.54, 1.807) is 0 Å². The molecule has 1 aliphatic rings. The predicted octanol–water partition coefficient (Wildman–Crippen LogP) is 0.897. The van der Waals surface area contributed by atoms with Crippen LogP contribution in [0.15, 0.2) is 0 Å². The fourth-order valence-electron chi connectivity index (χ4n) is 1.60. The van der Waals surface area contributed by atoms with Gasteiger partial charge in [-0.25, -0.2) is 0 Å². The molecule has 1 atom stereocenters. The van der Waals surface area contributed by atoms with Crippen LogP contribution in [0.3, 0.4) is 0 Å². The summed E-state index contributed by atoms with van der Waals surface area (Å²) in [7, 11) is -0.599. The molecule has 0 saturated carbocycles. The minimum Gasteiger partial charge on any atom is -0.314 e. The monoisotopic (exact) mass is 175 g/mol. The van der Waals surface area contributed by atoms with Crippen LogP contribution in [0.5, 0.6) is 0 Å². The highest BCUT2D eigenvalue weighted by Gasteiger charge is 2.34. The lowest BCUT2D eigenvalue weighted by Crippen LogP contribution is -2.50. The van der Waals surface area contributed by atoms with Gasteiger partial charge in [0.1, 0.15) is 0 Å². The zero-order chi connectivity index (χ0) is 8.32. The lowest BCUT2D eigenvalue weighted by atomic mass is 10.0. The Morgan fingerprint density at radius 3 is 2.45 bits per heavy atom. The highest BCUT2D eigenvalue weighted by Crippen LogP contribution is 2.24. The molecule has 0 aromatic heterocycles. The number of hydrogen-bond donors (Lipinski definition) is 1. The van der Waals surface area contributed by atoms with Crippen LogP contribution in [0.25, 0.3) is 0 Å². The standard InChI is InChI=1S/C8H17NOS/c1-3-8(4-2)7-9-5-6-11(8)10/h9H,3-7H2,1-2H3/t11-/m0/s1. The average molecular weight is 175 g/mol. The van der Waals surface area contributed by atoms with Crippen molar-refractivity contribution in [3.63, 3.8) is 0 Å². The van der Waals surface area contributed by atoms with Crippen LogP contribution < -0.4 is 5.32 Å². The molecule has 2 nitrogen and oxygen atoms in total. The maximum Gasteiger partial charge on any atom is 0.0578 e. The first-order valence-corrected chi connectivity index (χ1v) is 5.66. The van der Waals surface area contributed by atoms with E-state index in [4.69, 9.17) is 0 Å². The summed E-state index contributed by atoms with van der Waals surface area (Å²) in [5, 5.41) is 3.31. The highest BCUT2D eigenvalue weighted by molar-refractivity contribution is 7.86. The molecule has 0 aromatic rings. The van der Waals surface area contributed by atoms with E-state index in [-0.39, 0.29) is 4.75 Å². The second-order valence-corrected chi connectivity index (χ2v) is 5.08. The molecule has 1 rings (SSSR count). The molecule has 0 spiro atoms. The molecule has 1 saturated heterocycles. The second-order valence-electron chi connectivity index (χ2n) is 3.12. The van der Waals surface area contributed by atoms with Gasteiger partial charge in [0.05, 0.1) is 4.75 Å². The van der Waals surface area contributed by atoms with Crippen LogP contribution in [0.1, 0.15) is 26.7 Å². The van der Waals surface area contributed by atoms with Crippen LogP contribution in [-0.4, -0.2) is 27.8 Å². The summed E-state index contributed by atoms with van der Waals surface area (Å²) in [4.78, 5) is 0. The van der Waals surface area contributed by atoms with Gasteiger partial charge < -0.3 is 5.32 Å². The topological polar surface area (TPSA) is 29.1 Å². The molecule has 1 aliphatic heterocycles. The third-order valence-electron chi connectivity index (χ3n) is 2.68. The molecular formula is C8H17NOS. The Morgan fingerprint density at radius 2 is 2.09 bits per heavy atom. The summed E-state index contributed by atoms with van der Waals surface area (Å²) in [5.74, 6) is 0.835. The Bertz CT molecular complexity index is 154. The Hall–Kier alpha value is 0.110. The molecule has 66 valence electrons. The summed E-state index contributed by atoms with van der Waals surface area (Å²) in [6.45, 7) is 6.13. The van der Waals surface area contributed by atoms with E-state index in [1.165, 1.54) is 0 Å². The first-order chi connectivity index (χ1) is 5.25. The lowest BCUT2D eigenvalue weighted by molar-refractivity contribution is 0.465. The summed E-state index contributed by atoms with van der Waals surface area (Å²) in [6.07, 6.45) is 2.06. The van der Waals surface area contributed by atoms with Crippen molar-refractivity contribution in [2.45, 2.75) is 31.4 Å². The fourth-order valence-corrected chi connectivity index (χ4v) is 3.27. The Kier molecular flexibility index (Phi) is 3.07. The first kappa shape index (κ1) is 9.20. The lowest BCUT2D eigenvalue weighted by Gasteiger charge is -2.34. The molecule has 11 heavy (non-hydrogen) atoms. The van der Waals surface area contributed by atoms with Gasteiger partial charge in [0.15, 0.2) is 0 Å². The molecular weight excluding hydrogens is 158 g/mol. The van der Waals surface area contributed by atoms with Crippen LogP contribution in [-0.2, 0) is 10.8 Å². The summed E-state index contributed by atoms with van der Waals surface area (Å²) < 4.78 is 11.7. The van der Waals surface area contributed by atoms with Crippen molar-refractivity contribution in [3.05, 3.63) is 0 Å². The molecule has 0 radical (unpaired) electrons. The van der Waals surface area contributed by atoms with Gasteiger partial charge in [0.2, 0.25) is 0 Å². The average Bonchev–Trinajstić information content (AvgIpc) is 2.06. The van der Waals surface area contributed by atoms with Crippen LogP contribution in [0.2, 0.25) is 0 Å². The van der Waals surface area contributed by atoms with E-state index in [0.29, 0.717) is 0 Å². The van der Waals surface area contributed by atoms with E-state index in [9.17, 15) is 4.21 Å².